The molecule has 1 N–H and O–H groups in total. The first kappa shape index (κ1) is 18.5. The molecule has 1 fully saturated rings. The lowest BCUT2D eigenvalue weighted by Crippen LogP contribution is -2.29. The highest BCUT2D eigenvalue weighted by Crippen LogP contribution is 2.32. The van der Waals surface area contributed by atoms with Gasteiger partial charge in [0, 0.05) is 23.1 Å². The first-order chi connectivity index (χ1) is 12.9. The molecule has 1 aliphatic carbocycles. The molecule has 2 aromatic carbocycles. The highest BCUT2D eigenvalue weighted by Gasteiger charge is 2.35. The van der Waals surface area contributed by atoms with Crippen molar-refractivity contribution in [1.29, 1.82) is 0 Å². The van der Waals surface area contributed by atoms with E-state index in [-0.39, 0.29) is 16.8 Å². The summed E-state index contributed by atoms with van der Waals surface area (Å²) in [6.45, 7) is 0. The molecule has 0 unspecified atom stereocenters. The molecule has 0 atom stereocenters. The minimum absolute atomic E-state index is 0.0938. The SMILES string of the molecule is CN(C1CC1)S(=O)(=O)c1ccc(C(=O)Nc2nc3c(Br)cccc3s2)cc1. The lowest BCUT2D eigenvalue weighted by Gasteiger charge is -2.16. The summed E-state index contributed by atoms with van der Waals surface area (Å²) in [5.74, 6) is -0.329. The summed E-state index contributed by atoms with van der Waals surface area (Å²) >= 11 is 4.82. The molecule has 0 bridgehead atoms. The molecule has 140 valence electrons. The van der Waals surface area contributed by atoms with E-state index < -0.39 is 10.0 Å². The molecule has 0 spiro atoms. The van der Waals surface area contributed by atoms with Crippen LogP contribution in [0.3, 0.4) is 0 Å². The number of carbonyl (C=O) groups excluding carboxylic acids is 1. The van der Waals surface area contributed by atoms with Crippen LogP contribution in [0.5, 0.6) is 0 Å². The highest BCUT2D eigenvalue weighted by molar-refractivity contribution is 9.10. The number of nitrogens with one attached hydrogen (secondary N) is 1. The monoisotopic (exact) mass is 465 g/mol. The quantitative estimate of drug-likeness (QED) is 0.614. The van der Waals surface area contributed by atoms with Crippen LogP contribution in [0.15, 0.2) is 51.8 Å². The van der Waals surface area contributed by atoms with E-state index in [4.69, 9.17) is 0 Å². The van der Waals surface area contributed by atoms with Crippen LogP contribution in [0.25, 0.3) is 10.2 Å². The van der Waals surface area contributed by atoms with Gasteiger partial charge < -0.3 is 0 Å². The topological polar surface area (TPSA) is 79.4 Å². The van der Waals surface area contributed by atoms with Gasteiger partial charge in [-0.1, -0.05) is 17.4 Å². The van der Waals surface area contributed by atoms with Crippen LogP contribution in [0.2, 0.25) is 0 Å². The van der Waals surface area contributed by atoms with Crippen LogP contribution < -0.4 is 5.32 Å². The molecule has 1 aromatic heterocycles. The normalized spacial score (nSPS) is 14.6. The Morgan fingerprint density at radius 1 is 1.22 bits per heavy atom. The van der Waals surface area contributed by atoms with Gasteiger partial charge in [-0.3, -0.25) is 10.1 Å². The van der Waals surface area contributed by atoms with Crippen molar-refractivity contribution in [3.63, 3.8) is 0 Å². The van der Waals surface area contributed by atoms with E-state index in [1.54, 1.807) is 7.05 Å². The van der Waals surface area contributed by atoms with Crippen LogP contribution in [-0.2, 0) is 10.0 Å². The number of carbonyl (C=O) groups is 1. The number of para-hydroxylation sites is 1. The van der Waals surface area contributed by atoms with Gasteiger partial charge in [0.1, 0.15) is 0 Å². The molecule has 0 saturated heterocycles. The van der Waals surface area contributed by atoms with Crippen molar-refractivity contribution in [1.82, 2.24) is 9.29 Å². The number of rotatable bonds is 5. The fourth-order valence-electron chi connectivity index (χ4n) is 2.72. The summed E-state index contributed by atoms with van der Waals surface area (Å²) in [6, 6.07) is 11.8. The van der Waals surface area contributed by atoms with E-state index in [0.717, 1.165) is 27.5 Å². The zero-order valence-corrected chi connectivity index (χ0v) is 17.6. The second-order valence-corrected chi connectivity index (χ2v) is 10.2. The molecular formula is C18H16BrN3O3S2. The van der Waals surface area contributed by atoms with Gasteiger partial charge in [0.15, 0.2) is 5.13 Å². The van der Waals surface area contributed by atoms with Crippen molar-refractivity contribution in [2.24, 2.45) is 0 Å². The zero-order valence-electron chi connectivity index (χ0n) is 14.3. The molecule has 9 heteroatoms. The third kappa shape index (κ3) is 3.64. The van der Waals surface area contributed by atoms with Gasteiger partial charge in [0.2, 0.25) is 10.0 Å². The van der Waals surface area contributed by atoms with Crippen molar-refractivity contribution in [3.05, 3.63) is 52.5 Å². The van der Waals surface area contributed by atoms with Gasteiger partial charge in [-0.05, 0) is 65.2 Å². The van der Waals surface area contributed by atoms with Crippen molar-refractivity contribution in [3.8, 4) is 0 Å². The number of fused-ring (bicyclic) bond motifs is 1. The smallest absolute Gasteiger partial charge is 0.257 e. The number of benzene rings is 2. The molecule has 1 saturated carbocycles. The van der Waals surface area contributed by atoms with Gasteiger partial charge in [-0.2, -0.15) is 4.31 Å². The van der Waals surface area contributed by atoms with E-state index in [1.165, 1.54) is 39.9 Å². The van der Waals surface area contributed by atoms with E-state index >= 15 is 0 Å². The van der Waals surface area contributed by atoms with E-state index in [0.29, 0.717) is 10.7 Å². The molecule has 1 aliphatic rings. The van der Waals surface area contributed by atoms with Crippen molar-refractivity contribution >= 4 is 58.5 Å². The van der Waals surface area contributed by atoms with Crippen LogP contribution in [0.4, 0.5) is 5.13 Å². The van der Waals surface area contributed by atoms with E-state index in [2.05, 4.69) is 26.2 Å². The molecule has 0 aliphatic heterocycles. The lowest BCUT2D eigenvalue weighted by molar-refractivity contribution is 0.102. The summed E-state index contributed by atoms with van der Waals surface area (Å²) in [5, 5.41) is 3.26. The number of sulfonamides is 1. The van der Waals surface area contributed by atoms with Crippen LogP contribution >= 0.6 is 27.3 Å². The Bertz CT molecular complexity index is 1120. The van der Waals surface area contributed by atoms with Crippen LogP contribution in [-0.4, -0.2) is 36.7 Å². The summed E-state index contributed by atoms with van der Waals surface area (Å²) in [4.78, 5) is 17.1. The fraction of sp³-hybridized carbons (Fsp3) is 0.222. The predicted molar refractivity (Wildman–Crippen MR) is 110 cm³/mol. The van der Waals surface area contributed by atoms with Gasteiger partial charge >= 0.3 is 0 Å². The van der Waals surface area contributed by atoms with E-state index in [9.17, 15) is 13.2 Å². The fourth-order valence-corrected chi connectivity index (χ4v) is 5.61. The van der Waals surface area contributed by atoms with Crippen LogP contribution in [0.1, 0.15) is 23.2 Å². The first-order valence-corrected chi connectivity index (χ1v) is 11.4. The number of halogens is 1. The Morgan fingerprint density at radius 3 is 2.56 bits per heavy atom. The Labute approximate surface area is 169 Å². The largest absolute Gasteiger partial charge is 0.298 e. The first-order valence-electron chi connectivity index (χ1n) is 8.31. The van der Waals surface area contributed by atoms with Gasteiger partial charge in [-0.15, -0.1) is 0 Å². The maximum atomic E-state index is 12.5. The summed E-state index contributed by atoms with van der Waals surface area (Å²) < 4.78 is 28.3. The third-order valence-electron chi connectivity index (χ3n) is 4.44. The maximum absolute atomic E-state index is 12.5. The van der Waals surface area contributed by atoms with Crippen molar-refractivity contribution in [2.45, 2.75) is 23.8 Å². The molecule has 1 amide bonds. The molecular weight excluding hydrogens is 450 g/mol. The molecule has 27 heavy (non-hydrogen) atoms. The second kappa shape index (κ2) is 6.97. The third-order valence-corrected chi connectivity index (χ3v) is 7.95. The number of anilines is 1. The number of thiazole rings is 1. The zero-order chi connectivity index (χ0) is 19.2. The second-order valence-electron chi connectivity index (χ2n) is 6.34. The Hall–Kier alpha value is -1.81. The minimum atomic E-state index is -3.51. The Balaban J connectivity index is 1.52. The van der Waals surface area contributed by atoms with Gasteiger partial charge in [0.25, 0.3) is 5.91 Å². The lowest BCUT2D eigenvalue weighted by atomic mass is 10.2. The molecule has 3 aromatic rings. The molecule has 0 radical (unpaired) electrons. The number of aromatic nitrogens is 1. The number of nitrogens with zero attached hydrogens (tertiary/aromatic N) is 2. The molecule has 6 nitrogen and oxygen atoms in total. The Morgan fingerprint density at radius 2 is 1.93 bits per heavy atom. The Kier molecular flexibility index (Phi) is 4.79. The summed E-state index contributed by atoms with van der Waals surface area (Å²) in [7, 11) is -1.92. The van der Waals surface area contributed by atoms with Crippen molar-refractivity contribution in [2.75, 3.05) is 12.4 Å². The average molecular weight is 466 g/mol. The average Bonchev–Trinajstić information content (AvgIpc) is 3.41. The maximum Gasteiger partial charge on any atom is 0.257 e. The number of amides is 1. The highest BCUT2D eigenvalue weighted by atomic mass is 79.9. The standard InChI is InChI=1S/C18H16BrN3O3S2/c1-22(12-7-8-12)27(24,25)13-9-5-11(6-10-13)17(23)21-18-20-16-14(19)3-2-4-15(16)26-18/h2-6,9-10,12H,7-8H2,1H3,(H,20,21,23). The summed E-state index contributed by atoms with van der Waals surface area (Å²) in [5.41, 5.74) is 1.17. The molecule has 1 heterocycles. The van der Waals surface area contributed by atoms with E-state index in [1.807, 2.05) is 18.2 Å². The van der Waals surface area contributed by atoms with Crippen LogP contribution in [0, 0.1) is 0 Å². The minimum Gasteiger partial charge on any atom is -0.298 e. The summed E-state index contributed by atoms with van der Waals surface area (Å²) in [6.07, 6.45) is 1.79. The number of hydrogen-bond acceptors (Lipinski definition) is 5. The molecule has 4 rings (SSSR count). The predicted octanol–water partition coefficient (Wildman–Crippen LogP) is 4.09. The van der Waals surface area contributed by atoms with Gasteiger partial charge in [-0.25, -0.2) is 13.4 Å². The van der Waals surface area contributed by atoms with Gasteiger partial charge in [0.05, 0.1) is 15.1 Å². The number of hydrogen-bond donors (Lipinski definition) is 1. The van der Waals surface area contributed by atoms with Crippen molar-refractivity contribution < 1.29 is 13.2 Å².